The van der Waals surface area contributed by atoms with Crippen LogP contribution in [0.4, 0.5) is 0 Å². The number of benzene rings is 3. The van der Waals surface area contributed by atoms with Crippen molar-refractivity contribution in [2.24, 2.45) is 0 Å². The Hall–Kier alpha value is -3.23. The highest BCUT2D eigenvalue weighted by molar-refractivity contribution is 7.17. The van der Waals surface area contributed by atoms with Crippen LogP contribution in [0.2, 0.25) is 0 Å². The summed E-state index contributed by atoms with van der Waals surface area (Å²) in [7, 11) is 1.65. The molecule has 6 rings (SSSR count). The molecule has 1 N–H and O–H groups in total. The molecule has 2 aliphatic rings. The van der Waals surface area contributed by atoms with Crippen molar-refractivity contribution in [2.45, 2.75) is 25.8 Å². The van der Waals surface area contributed by atoms with Crippen molar-refractivity contribution in [1.82, 2.24) is 9.80 Å². The molecule has 0 atom stereocenters. The summed E-state index contributed by atoms with van der Waals surface area (Å²) in [5.41, 5.74) is 4.53. The quantitative estimate of drug-likeness (QED) is 0.256. The summed E-state index contributed by atoms with van der Waals surface area (Å²) in [6.45, 7) is 7.04. The SMILES string of the molecule is COc1c(CN2CCOCC2)cc(O)c(C(=O)c2csc3ccccc23)c1-c1ccc(CCN2CCCC2)cc1. The molecule has 3 aromatic carbocycles. The Morgan fingerprint density at radius 2 is 1.75 bits per heavy atom. The van der Waals surface area contributed by atoms with Gasteiger partial charge in [0, 0.05) is 58.3 Å². The maximum absolute atomic E-state index is 14.2. The smallest absolute Gasteiger partial charge is 0.198 e. The zero-order chi connectivity index (χ0) is 27.5. The summed E-state index contributed by atoms with van der Waals surface area (Å²) in [4.78, 5) is 19.0. The zero-order valence-electron chi connectivity index (χ0n) is 23.0. The molecule has 208 valence electrons. The van der Waals surface area contributed by atoms with Gasteiger partial charge in [-0.1, -0.05) is 42.5 Å². The van der Waals surface area contributed by atoms with Crippen molar-refractivity contribution in [3.63, 3.8) is 0 Å². The summed E-state index contributed by atoms with van der Waals surface area (Å²) in [6, 6.07) is 18.0. The highest BCUT2D eigenvalue weighted by Crippen LogP contribution is 2.44. The summed E-state index contributed by atoms with van der Waals surface area (Å²) in [6.07, 6.45) is 3.57. The number of ether oxygens (including phenoxy) is 2. The summed E-state index contributed by atoms with van der Waals surface area (Å²) >= 11 is 1.54. The number of phenolic OH excluding ortho intramolecular Hbond substituents is 1. The average molecular weight is 557 g/mol. The van der Waals surface area contributed by atoms with E-state index in [1.807, 2.05) is 29.6 Å². The molecule has 6 nitrogen and oxygen atoms in total. The molecule has 3 heterocycles. The van der Waals surface area contributed by atoms with Crippen LogP contribution in [0.15, 0.2) is 60.0 Å². The number of ketones is 1. The van der Waals surface area contributed by atoms with E-state index in [0.717, 1.165) is 47.3 Å². The number of methoxy groups -OCH3 is 1. The number of hydrogen-bond donors (Lipinski definition) is 1. The second kappa shape index (κ2) is 12.1. The number of likely N-dealkylation sites (tertiary alicyclic amines) is 1. The molecule has 0 amide bonds. The lowest BCUT2D eigenvalue weighted by Gasteiger charge is -2.28. The molecule has 0 saturated carbocycles. The summed E-state index contributed by atoms with van der Waals surface area (Å²) in [5.74, 6) is 0.425. The third-order valence-electron chi connectivity index (χ3n) is 8.15. The van der Waals surface area contributed by atoms with E-state index >= 15 is 0 Å². The molecule has 0 bridgehead atoms. The minimum atomic E-state index is -0.195. The number of aromatic hydroxyl groups is 1. The molecule has 0 unspecified atom stereocenters. The molecule has 2 fully saturated rings. The first kappa shape index (κ1) is 27.0. The summed E-state index contributed by atoms with van der Waals surface area (Å²) in [5, 5.41) is 14.3. The standard InChI is InChI=1S/C33H36N2O4S/c1-38-33-25(21-35-16-18-39-19-17-35)20-28(36)31(32(37)27-22-40-29-7-3-2-6-26(27)29)30(33)24-10-8-23(9-11-24)12-15-34-13-4-5-14-34/h2-3,6-11,20,22,36H,4-5,12-19,21H2,1H3. The number of morpholine rings is 1. The molecule has 1 aromatic heterocycles. The van der Waals surface area contributed by atoms with Gasteiger partial charge in [0.25, 0.3) is 0 Å². The molecule has 0 spiro atoms. The number of carbonyl (C=O) groups is 1. The number of thiophene rings is 1. The number of phenols is 1. The molecule has 40 heavy (non-hydrogen) atoms. The van der Waals surface area contributed by atoms with E-state index in [1.165, 1.54) is 31.5 Å². The Labute approximate surface area is 239 Å². The fourth-order valence-corrected chi connectivity index (χ4v) is 6.92. The Morgan fingerprint density at radius 1 is 1.00 bits per heavy atom. The second-order valence-electron chi connectivity index (χ2n) is 10.7. The van der Waals surface area contributed by atoms with Gasteiger partial charge in [-0.05, 0) is 55.6 Å². The number of rotatable bonds is 9. The van der Waals surface area contributed by atoms with Crippen LogP contribution in [0.1, 0.15) is 39.9 Å². The maximum Gasteiger partial charge on any atom is 0.198 e. The van der Waals surface area contributed by atoms with Crippen LogP contribution in [0.3, 0.4) is 0 Å². The number of fused-ring (bicyclic) bond motifs is 1. The number of carbonyl (C=O) groups excluding carboxylic acids is 1. The minimum Gasteiger partial charge on any atom is -0.507 e. The third-order valence-corrected chi connectivity index (χ3v) is 9.11. The molecule has 7 heteroatoms. The van der Waals surface area contributed by atoms with Gasteiger partial charge in [0.1, 0.15) is 11.5 Å². The van der Waals surface area contributed by atoms with Gasteiger partial charge in [-0.2, -0.15) is 0 Å². The van der Waals surface area contributed by atoms with Crippen LogP contribution in [0, 0.1) is 0 Å². The van der Waals surface area contributed by atoms with Crippen LogP contribution < -0.4 is 4.74 Å². The van der Waals surface area contributed by atoms with E-state index in [9.17, 15) is 9.90 Å². The molecule has 2 saturated heterocycles. The molecular weight excluding hydrogens is 520 g/mol. The van der Waals surface area contributed by atoms with Crippen LogP contribution in [0.25, 0.3) is 21.2 Å². The van der Waals surface area contributed by atoms with Crippen molar-refractivity contribution in [1.29, 1.82) is 0 Å². The van der Waals surface area contributed by atoms with Crippen LogP contribution in [-0.2, 0) is 17.7 Å². The van der Waals surface area contributed by atoms with Crippen molar-refractivity contribution in [3.05, 3.63) is 82.2 Å². The van der Waals surface area contributed by atoms with Crippen molar-refractivity contribution in [3.8, 4) is 22.6 Å². The predicted molar refractivity (Wildman–Crippen MR) is 161 cm³/mol. The topological polar surface area (TPSA) is 62.2 Å². The first-order valence-electron chi connectivity index (χ1n) is 14.2. The lowest BCUT2D eigenvalue weighted by molar-refractivity contribution is 0.0339. The Bertz CT molecular complexity index is 1480. The molecule has 0 aliphatic carbocycles. The van der Waals surface area contributed by atoms with Gasteiger partial charge in [-0.15, -0.1) is 11.3 Å². The lowest BCUT2D eigenvalue weighted by Crippen LogP contribution is -2.35. The number of nitrogens with zero attached hydrogens (tertiary/aromatic N) is 2. The highest BCUT2D eigenvalue weighted by atomic mass is 32.1. The monoisotopic (exact) mass is 556 g/mol. The normalized spacial score (nSPS) is 16.5. The van der Waals surface area contributed by atoms with Crippen LogP contribution >= 0.6 is 11.3 Å². The van der Waals surface area contributed by atoms with Crippen molar-refractivity contribution >= 4 is 27.2 Å². The fraction of sp³-hybridized carbons (Fsp3) is 0.364. The van der Waals surface area contributed by atoms with Crippen LogP contribution in [-0.4, -0.2) is 73.7 Å². The van der Waals surface area contributed by atoms with Crippen molar-refractivity contribution in [2.75, 3.05) is 53.0 Å². The van der Waals surface area contributed by atoms with Crippen LogP contribution in [0.5, 0.6) is 11.5 Å². The van der Waals surface area contributed by atoms with Gasteiger partial charge < -0.3 is 19.5 Å². The third kappa shape index (κ3) is 5.52. The van der Waals surface area contributed by atoms with E-state index in [-0.39, 0.29) is 17.1 Å². The van der Waals surface area contributed by atoms with E-state index in [1.54, 1.807) is 24.5 Å². The highest BCUT2D eigenvalue weighted by Gasteiger charge is 2.28. The maximum atomic E-state index is 14.2. The van der Waals surface area contributed by atoms with Gasteiger partial charge in [-0.3, -0.25) is 9.69 Å². The summed E-state index contributed by atoms with van der Waals surface area (Å²) < 4.78 is 12.6. The molecule has 4 aromatic rings. The van der Waals surface area contributed by atoms with Gasteiger partial charge in [-0.25, -0.2) is 0 Å². The van der Waals surface area contributed by atoms with E-state index in [4.69, 9.17) is 9.47 Å². The first-order valence-corrected chi connectivity index (χ1v) is 15.1. The van der Waals surface area contributed by atoms with Crippen molar-refractivity contribution < 1.29 is 19.4 Å². The van der Waals surface area contributed by atoms with E-state index < -0.39 is 0 Å². The van der Waals surface area contributed by atoms with E-state index in [0.29, 0.717) is 36.6 Å². The van der Waals surface area contributed by atoms with Gasteiger partial charge in [0.05, 0.1) is 25.9 Å². The largest absolute Gasteiger partial charge is 0.507 e. The first-order chi connectivity index (χ1) is 19.6. The lowest BCUT2D eigenvalue weighted by atomic mass is 9.89. The minimum absolute atomic E-state index is 0.0162. The second-order valence-corrected chi connectivity index (χ2v) is 11.6. The predicted octanol–water partition coefficient (Wildman–Crippen LogP) is 5.98. The average Bonchev–Trinajstić information content (AvgIpc) is 3.67. The van der Waals surface area contributed by atoms with Gasteiger partial charge in [0.2, 0.25) is 0 Å². The van der Waals surface area contributed by atoms with Gasteiger partial charge >= 0.3 is 0 Å². The molecule has 0 radical (unpaired) electrons. The van der Waals surface area contributed by atoms with Gasteiger partial charge in [0.15, 0.2) is 5.78 Å². The Morgan fingerprint density at radius 3 is 2.50 bits per heavy atom. The Kier molecular flexibility index (Phi) is 8.16. The van der Waals surface area contributed by atoms with E-state index in [2.05, 4.69) is 34.1 Å². The zero-order valence-corrected chi connectivity index (χ0v) is 23.8. The number of hydrogen-bond acceptors (Lipinski definition) is 7. The fourth-order valence-electron chi connectivity index (χ4n) is 5.98. The Balaban J connectivity index is 1.42. The molecule has 2 aliphatic heterocycles. The molecular formula is C33H36N2O4S.